The zero-order valence-electron chi connectivity index (χ0n) is 14.1. The van der Waals surface area contributed by atoms with Crippen LogP contribution in [0.5, 0.6) is 0 Å². The van der Waals surface area contributed by atoms with Gasteiger partial charge in [0.15, 0.2) is 0 Å². The second kappa shape index (κ2) is 7.60. The average Bonchev–Trinajstić information content (AvgIpc) is 2.64. The number of hydrogen-bond acceptors (Lipinski definition) is 3. The average molecular weight is 322 g/mol. The van der Waals surface area contributed by atoms with Gasteiger partial charge >= 0.3 is 0 Å². The highest BCUT2D eigenvalue weighted by Gasteiger charge is 2.29. The molecule has 1 heterocycles. The van der Waals surface area contributed by atoms with Gasteiger partial charge in [-0.15, -0.1) is 0 Å². The molecule has 0 aromatic heterocycles. The predicted octanol–water partition coefficient (Wildman–Crippen LogP) is 2.43. The fourth-order valence-corrected chi connectivity index (χ4v) is 3.32. The van der Waals surface area contributed by atoms with E-state index in [1.165, 1.54) is 11.1 Å². The van der Waals surface area contributed by atoms with Crippen LogP contribution in [0.4, 0.5) is 0 Å². The van der Waals surface area contributed by atoms with Crippen molar-refractivity contribution in [1.82, 2.24) is 9.80 Å². The van der Waals surface area contributed by atoms with E-state index in [0.29, 0.717) is 19.1 Å². The molecule has 0 spiro atoms. The zero-order chi connectivity index (χ0) is 16.9. The molecule has 0 aliphatic carbocycles. The molecule has 2 N–H and O–H groups in total. The molecule has 1 fully saturated rings. The minimum Gasteiger partial charge on any atom is -0.338 e. The van der Waals surface area contributed by atoms with Crippen LogP contribution < -0.4 is 5.73 Å². The van der Waals surface area contributed by atoms with E-state index in [4.69, 9.17) is 5.73 Å². The molecule has 24 heavy (non-hydrogen) atoms. The van der Waals surface area contributed by atoms with Crippen LogP contribution in [0.3, 0.4) is 0 Å². The highest BCUT2D eigenvalue weighted by molar-refractivity contribution is 5.88. The van der Waals surface area contributed by atoms with Gasteiger partial charge in [0, 0.05) is 26.2 Å². The lowest BCUT2D eigenvalue weighted by Crippen LogP contribution is -2.51. The summed E-state index contributed by atoms with van der Waals surface area (Å²) in [6, 6.07) is 21.7. The number of benzene rings is 2. The van der Waals surface area contributed by atoms with E-state index in [0.717, 1.165) is 13.1 Å². The molecule has 4 heteroatoms. The maximum absolute atomic E-state index is 12.1. The number of nitrogens with two attached hydrogens (primary N) is 1. The highest BCUT2D eigenvalue weighted by Crippen LogP contribution is 2.29. The Morgan fingerprint density at radius 2 is 1.33 bits per heavy atom. The maximum Gasteiger partial charge on any atom is 0.244 e. The van der Waals surface area contributed by atoms with Crippen molar-refractivity contribution in [2.24, 2.45) is 5.73 Å². The molecular formula is C20H24N3O. The summed E-state index contributed by atoms with van der Waals surface area (Å²) in [4.78, 5) is 16.4. The van der Waals surface area contributed by atoms with Gasteiger partial charge in [0.25, 0.3) is 0 Å². The third-order valence-electron chi connectivity index (χ3n) is 4.53. The zero-order valence-corrected chi connectivity index (χ0v) is 14.1. The van der Waals surface area contributed by atoms with Crippen LogP contribution >= 0.6 is 0 Å². The molecule has 1 saturated heterocycles. The van der Waals surface area contributed by atoms with Gasteiger partial charge < -0.3 is 10.6 Å². The molecule has 125 valence electrons. The van der Waals surface area contributed by atoms with E-state index in [1.807, 2.05) is 17.0 Å². The topological polar surface area (TPSA) is 49.6 Å². The summed E-state index contributed by atoms with van der Waals surface area (Å²) in [7, 11) is 0. The molecule has 0 atom stereocenters. The summed E-state index contributed by atoms with van der Waals surface area (Å²) in [5.74, 6) is -0.0365. The van der Waals surface area contributed by atoms with Gasteiger partial charge in [-0.05, 0) is 18.1 Å². The summed E-state index contributed by atoms with van der Waals surface area (Å²) in [6.45, 7) is 4.78. The molecule has 0 saturated carbocycles. The first kappa shape index (κ1) is 16.7. The number of amides is 1. The molecule has 2 aromatic carbocycles. The van der Waals surface area contributed by atoms with E-state index in [2.05, 4.69) is 53.4 Å². The number of hydrogen-bond donors (Lipinski definition) is 1. The van der Waals surface area contributed by atoms with Gasteiger partial charge in [0.05, 0.1) is 6.04 Å². The quantitative estimate of drug-likeness (QED) is 0.940. The van der Waals surface area contributed by atoms with Gasteiger partial charge in [0.1, 0.15) is 6.04 Å². The van der Waals surface area contributed by atoms with Crippen molar-refractivity contribution >= 4 is 5.91 Å². The number of rotatable bonds is 4. The molecule has 1 aliphatic heterocycles. The van der Waals surface area contributed by atoms with Crippen LogP contribution in [-0.4, -0.2) is 41.9 Å². The van der Waals surface area contributed by atoms with Crippen molar-refractivity contribution in [3.63, 3.8) is 0 Å². The third-order valence-corrected chi connectivity index (χ3v) is 4.53. The van der Waals surface area contributed by atoms with E-state index in [1.54, 1.807) is 6.92 Å². The Hall–Kier alpha value is -2.17. The second-order valence-corrected chi connectivity index (χ2v) is 6.24. The normalized spacial score (nSPS) is 15.9. The molecule has 1 radical (unpaired) electrons. The van der Waals surface area contributed by atoms with Crippen LogP contribution in [0.25, 0.3) is 0 Å². The number of carbonyl (C=O) groups excluding carboxylic acids is 1. The Balaban J connectivity index is 1.80. The van der Waals surface area contributed by atoms with Crippen LogP contribution in [-0.2, 0) is 4.79 Å². The number of piperazine rings is 1. The molecule has 3 rings (SSSR count). The molecular weight excluding hydrogens is 298 g/mol. The van der Waals surface area contributed by atoms with Gasteiger partial charge in [-0.3, -0.25) is 9.69 Å². The molecule has 2 aromatic rings. The maximum atomic E-state index is 12.1. The molecule has 1 amide bonds. The van der Waals surface area contributed by atoms with Crippen molar-refractivity contribution in [3.05, 3.63) is 77.8 Å². The highest BCUT2D eigenvalue weighted by atomic mass is 16.2. The second-order valence-electron chi connectivity index (χ2n) is 6.24. The van der Waals surface area contributed by atoms with Crippen molar-refractivity contribution < 1.29 is 4.79 Å². The van der Waals surface area contributed by atoms with Crippen LogP contribution in [0.15, 0.2) is 60.7 Å². The van der Waals surface area contributed by atoms with Crippen molar-refractivity contribution in [2.75, 3.05) is 26.2 Å². The number of nitrogens with zero attached hydrogens (tertiary/aromatic N) is 2. The smallest absolute Gasteiger partial charge is 0.244 e. The largest absolute Gasteiger partial charge is 0.338 e. The van der Waals surface area contributed by atoms with E-state index >= 15 is 0 Å². The lowest BCUT2D eigenvalue weighted by Gasteiger charge is -2.40. The Bertz CT molecular complexity index is 610. The van der Waals surface area contributed by atoms with Gasteiger partial charge in [-0.2, -0.15) is 0 Å². The monoisotopic (exact) mass is 322 g/mol. The standard InChI is InChI=1S/C20H24N3O/c1-16(21)20(24)23-14-12-22(13-15-23)19(17-8-4-2-5-9-17)18-10-6-3-7-11-18/h2-11,19H,12-15,21H2,1H3. The fourth-order valence-electron chi connectivity index (χ4n) is 3.32. The summed E-state index contributed by atoms with van der Waals surface area (Å²) in [5.41, 5.74) is 8.22. The first-order chi connectivity index (χ1) is 11.7. The van der Waals surface area contributed by atoms with Crippen molar-refractivity contribution in [1.29, 1.82) is 0 Å². The molecule has 0 bridgehead atoms. The molecule has 4 nitrogen and oxygen atoms in total. The summed E-state index contributed by atoms with van der Waals surface area (Å²) in [6.07, 6.45) is 0. The number of carbonyl (C=O) groups is 1. The van der Waals surface area contributed by atoms with E-state index in [-0.39, 0.29) is 11.9 Å². The Labute approximate surface area is 143 Å². The molecule has 1 aliphatic rings. The lowest BCUT2D eigenvalue weighted by atomic mass is 9.96. The summed E-state index contributed by atoms with van der Waals surface area (Å²) < 4.78 is 0. The first-order valence-electron chi connectivity index (χ1n) is 8.39. The van der Waals surface area contributed by atoms with Crippen LogP contribution in [0.2, 0.25) is 0 Å². The summed E-state index contributed by atoms with van der Waals surface area (Å²) >= 11 is 0. The predicted molar refractivity (Wildman–Crippen MR) is 96.0 cm³/mol. The van der Waals surface area contributed by atoms with E-state index in [9.17, 15) is 4.79 Å². The van der Waals surface area contributed by atoms with Crippen molar-refractivity contribution in [2.45, 2.75) is 13.0 Å². The minimum absolute atomic E-state index is 0.0365. The summed E-state index contributed by atoms with van der Waals surface area (Å²) in [5, 5.41) is 0. The van der Waals surface area contributed by atoms with Crippen LogP contribution in [0, 0.1) is 6.04 Å². The Morgan fingerprint density at radius 1 is 0.875 bits per heavy atom. The fraction of sp³-hybridized carbons (Fsp3) is 0.300. The third kappa shape index (κ3) is 3.66. The first-order valence-corrected chi connectivity index (χ1v) is 8.39. The lowest BCUT2D eigenvalue weighted by molar-refractivity contribution is -0.131. The van der Waals surface area contributed by atoms with Gasteiger partial charge in [-0.25, -0.2) is 0 Å². The van der Waals surface area contributed by atoms with Crippen LogP contribution in [0.1, 0.15) is 24.1 Å². The molecule has 0 unspecified atom stereocenters. The minimum atomic E-state index is -0.0365. The SMILES string of the molecule is C[C](N)C(=O)N1CCN(C(c2ccccc2)c2ccccc2)CC1. The van der Waals surface area contributed by atoms with E-state index < -0.39 is 0 Å². The Kier molecular flexibility index (Phi) is 5.28. The van der Waals surface area contributed by atoms with Gasteiger partial charge in [-0.1, -0.05) is 60.7 Å². The van der Waals surface area contributed by atoms with Gasteiger partial charge in [0.2, 0.25) is 5.91 Å². The Morgan fingerprint density at radius 3 is 1.75 bits per heavy atom. The van der Waals surface area contributed by atoms with Crippen molar-refractivity contribution in [3.8, 4) is 0 Å².